The van der Waals surface area contributed by atoms with E-state index in [0.29, 0.717) is 13.2 Å². The minimum absolute atomic E-state index is 0.0313. The number of ether oxygens (including phenoxy) is 1. The number of carbonyl (C=O) groups excluding carboxylic acids is 1. The third-order valence-corrected chi connectivity index (χ3v) is 7.77. The van der Waals surface area contributed by atoms with Crippen LogP contribution < -0.4 is 10.1 Å². The molecule has 1 aliphatic carbocycles. The number of aryl methyl sites for hydroxylation is 1. The Hall–Kier alpha value is -4.00. The lowest BCUT2D eigenvalue weighted by atomic mass is 9.95. The molecular weight excluding hydrogens is 474 g/mol. The van der Waals surface area contributed by atoms with Crippen molar-refractivity contribution < 1.29 is 9.53 Å². The minimum atomic E-state index is -0.287. The Bertz CT molecular complexity index is 1420. The van der Waals surface area contributed by atoms with Crippen molar-refractivity contribution in [2.24, 2.45) is 0 Å². The van der Waals surface area contributed by atoms with E-state index in [0.717, 1.165) is 52.6 Å². The molecule has 3 heterocycles. The van der Waals surface area contributed by atoms with Crippen LogP contribution >= 0.6 is 0 Å². The molecule has 2 amide bonds. The summed E-state index contributed by atoms with van der Waals surface area (Å²) in [6, 6.07) is 22.4. The number of carbonyl (C=O) groups is 1. The lowest BCUT2D eigenvalue weighted by Crippen LogP contribution is -2.46. The van der Waals surface area contributed by atoms with E-state index in [2.05, 4.69) is 52.5 Å². The summed E-state index contributed by atoms with van der Waals surface area (Å²) >= 11 is 0. The van der Waals surface area contributed by atoms with Crippen LogP contribution in [0.15, 0.2) is 72.9 Å². The molecule has 1 atom stereocenters. The Kier molecular flexibility index (Phi) is 6.66. The molecule has 2 aromatic heterocycles. The molecule has 0 saturated heterocycles. The molecule has 2 aliphatic rings. The maximum Gasteiger partial charge on any atom is 0.318 e. The molecular formula is C31H35N5O2. The first-order valence-electron chi connectivity index (χ1n) is 13.8. The average molecular weight is 510 g/mol. The van der Waals surface area contributed by atoms with Crippen molar-refractivity contribution in [1.82, 2.24) is 24.6 Å². The van der Waals surface area contributed by atoms with Gasteiger partial charge in [-0.2, -0.15) is 5.10 Å². The number of aromatic nitrogens is 3. The number of benzene rings is 2. The van der Waals surface area contributed by atoms with E-state index in [-0.39, 0.29) is 18.1 Å². The number of para-hydroxylation sites is 1. The van der Waals surface area contributed by atoms with Crippen LogP contribution in [0.25, 0.3) is 11.5 Å². The summed E-state index contributed by atoms with van der Waals surface area (Å²) in [6.07, 6.45) is 7.74. The summed E-state index contributed by atoms with van der Waals surface area (Å²) in [7, 11) is 0. The number of nitrogens with zero attached hydrogens (tertiary/aromatic N) is 4. The number of urea groups is 1. The summed E-state index contributed by atoms with van der Waals surface area (Å²) in [4.78, 5) is 16.1. The number of hydrogen-bond donors (Lipinski definition) is 1. The summed E-state index contributed by atoms with van der Waals surface area (Å²) in [5.74, 6) is 1.79. The SMILES string of the molecule is CCOc1cccc([C@@H]2c3cccn3-c3c(c(C)nn3-c3ccccc3)CN2C(=O)NC2CCCCC2)c1. The molecule has 4 aromatic rings. The smallest absolute Gasteiger partial charge is 0.318 e. The highest BCUT2D eigenvalue weighted by Gasteiger charge is 2.36. The minimum Gasteiger partial charge on any atom is -0.494 e. The van der Waals surface area contributed by atoms with Gasteiger partial charge in [0.25, 0.3) is 0 Å². The summed E-state index contributed by atoms with van der Waals surface area (Å²) in [5, 5.41) is 8.33. The number of amides is 2. The molecule has 0 unspecified atom stereocenters. The van der Waals surface area contributed by atoms with Crippen LogP contribution in [0.2, 0.25) is 0 Å². The summed E-state index contributed by atoms with van der Waals surface area (Å²) in [5.41, 5.74) is 5.01. The monoisotopic (exact) mass is 509 g/mol. The van der Waals surface area contributed by atoms with Crippen LogP contribution in [-0.4, -0.2) is 37.9 Å². The van der Waals surface area contributed by atoms with Crippen LogP contribution in [-0.2, 0) is 6.54 Å². The summed E-state index contributed by atoms with van der Waals surface area (Å²) in [6.45, 7) is 5.07. The Balaban J connectivity index is 1.50. The van der Waals surface area contributed by atoms with Crippen LogP contribution in [0.3, 0.4) is 0 Å². The molecule has 0 bridgehead atoms. The largest absolute Gasteiger partial charge is 0.494 e. The van der Waals surface area contributed by atoms with Crippen LogP contribution in [0.1, 0.15) is 67.6 Å². The predicted octanol–water partition coefficient (Wildman–Crippen LogP) is 6.32. The van der Waals surface area contributed by atoms with Crippen molar-refractivity contribution in [1.29, 1.82) is 0 Å². The zero-order valence-electron chi connectivity index (χ0n) is 22.1. The summed E-state index contributed by atoms with van der Waals surface area (Å²) < 4.78 is 10.1. The second-order valence-corrected chi connectivity index (χ2v) is 10.3. The van der Waals surface area contributed by atoms with Crippen molar-refractivity contribution in [3.05, 3.63) is 95.4 Å². The maximum atomic E-state index is 14.1. The van der Waals surface area contributed by atoms with Crippen LogP contribution in [0.4, 0.5) is 4.79 Å². The lowest BCUT2D eigenvalue weighted by Gasteiger charge is -2.33. The van der Waals surface area contributed by atoms with Gasteiger partial charge in [0.05, 0.1) is 36.3 Å². The van der Waals surface area contributed by atoms with Crippen molar-refractivity contribution in [3.8, 4) is 17.3 Å². The van der Waals surface area contributed by atoms with Gasteiger partial charge in [0.2, 0.25) is 0 Å². The molecule has 7 nitrogen and oxygen atoms in total. The van der Waals surface area contributed by atoms with E-state index < -0.39 is 0 Å². The second kappa shape index (κ2) is 10.4. The van der Waals surface area contributed by atoms with E-state index in [4.69, 9.17) is 9.84 Å². The predicted molar refractivity (Wildman–Crippen MR) is 148 cm³/mol. The fourth-order valence-corrected chi connectivity index (χ4v) is 5.95. The molecule has 0 spiro atoms. The number of rotatable bonds is 5. The van der Waals surface area contributed by atoms with E-state index in [9.17, 15) is 4.79 Å². The van der Waals surface area contributed by atoms with Crippen molar-refractivity contribution in [2.45, 2.75) is 64.6 Å². The zero-order valence-corrected chi connectivity index (χ0v) is 22.1. The molecule has 1 saturated carbocycles. The van der Waals surface area contributed by atoms with Gasteiger partial charge in [-0.1, -0.05) is 49.6 Å². The quantitative estimate of drug-likeness (QED) is 0.343. The van der Waals surface area contributed by atoms with Crippen molar-refractivity contribution >= 4 is 6.03 Å². The van der Waals surface area contributed by atoms with Gasteiger partial charge in [0.1, 0.15) is 11.6 Å². The highest BCUT2D eigenvalue weighted by atomic mass is 16.5. The van der Waals surface area contributed by atoms with Crippen molar-refractivity contribution in [3.63, 3.8) is 0 Å². The fourth-order valence-electron chi connectivity index (χ4n) is 5.95. The van der Waals surface area contributed by atoms with Gasteiger partial charge < -0.3 is 19.5 Å². The van der Waals surface area contributed by atoms with Gasteiger partial charge in [-0.3, -0.25) is 0 Å². The molecule has 7 heteroatoms. The lowest BCUT2D eigenvalue weighted by molar-refractivity contribution is 0.173. The average Bonchev–Trinajstić information content (AvgIpc) is 3.50. The van der Waals surface area contributed by atoms with Gasteiger partial charge in [0, 0.05) is 17.8 Å². The fraction of sp³-hybridized carbons (Fsp3) is 0.355. The number of hydrogen-bond acceptors (Lipinski definition) is 3. The van der Waals surface area contributed by atoms with Gasteiger partial charge in [-0.15, -0.1) is 0 Å². The molecule has 38 heavy (non-hydrogen) atoms. The Morgan fingerprint density at radius 2 is 1.84 bits per heavy atom. The third-order valence-electron chi connectivity index (χ3n) is 7.77. The first-order valence-corrected chi connectivity index (χ1v) is 13.8. The Morgan fingerprint density at radius 3 is 2.63 bits per heavy atom. The molecule has 2 aromatic carbocycles. The van der Waals surface area contributed by atoms with Crippen molar-refractivity contribution in [2.75, 3.05) is 6.61 Å². The molecule has 196 valence electrons. The number of nitrogens with one attached hydrogen (secondary N) is 1. The third kappa shape index (κ3) is 4.46. The normalized spacial score (nSPS) is 17.4. The van der Waals surface area contributed by atoms with E-state index in [1.165, 1.54) is 19.3 Å². The van der Waals surface area contributed by atoms with Gasteiger partial charge in [-0.05, 0) is 68.7 Å². The van der Waals surface area contributed by atoms with Crippen LogP contribution in [0, 0.1) is 6.92 Å². The Labute approximate surface area is 224 Å². The molecule has 1 N–H and O–H groups in total. The maximum absolute atomic E-state index is 14.1. The topological polar surface area (TPSA) is 64.3 Å². The van der Waals surface area contributed by atoms with Gasteiger partial charge in [0.15, 0.2) is 0 Å². The number of fused-ring (bicyclic) bond motifs is 3. The first kappa shape index (κ1) is 24.3. The van der Waals surface area contributed by atoms with Crippen LogP contribution in [0.5, 0.6) is 5.75 Å². The molecule has 1 fully saturated rings. The highest BCUT2D eigenvalue weighted by molar-refractivity contribution is 5.76. The molecule has 0 radical (unpaired) electrons. The van der Waals surface area contributed by atoms with Gasteiger partial charge >= 0.3 is 6.03 Å². The van der Waals surface area contributed by atoms with E-state index in [1.807, 2.05) is 53.8 Å². The first-order chi connectivity index (χ1) is 18.6. The second-order valence-electron chi connectivity index (χ2n) is 10.3. The standard InChI is InChI=1S/C31H35N5O2/c1-3-38-26-17-10-12-23(20-26)29-28-18-11-19-34(28)30-27(22(2)33-36(30)25-15-8-5-9-16-25)21-35(29)31(37)32-24-13-6-4-7-14-24/h5,8-12,15-20,24,29H,3-4,6-7,13-14,21H2,1-2H3,(H,32,37)/t29-/m1/s1. The molecule has 6 rings (SSSR count). The molecule has 1 aliphatic heterocycles. The van der Waals surface area contributed by atoms with E-state index in [1.54, 1.807) is 0 Å². The Morgan fingerprint density at radius 1 is 1.03 bits per heavy atom. The van der Waals surface area contributed by atoms with Gasteiger partial charge in [-0.25, -0.2) is 9.48 Å². The highest BCUT2D eigenvalue weighted by Crippen LogP contribution is 2.39. The zero-order chi connectivity index (χ0) is 26.1. The van der Waals surface area contributed by atoms with E-state index >= 15 is 0 Å².